The van der Waals surface area contributed by atoms with Gasteiger partial charge in [-0.25, -0.2) is 9.55 Å². The molecule has 0 N–H and O–H groups in total. The number of aromatic nitrogens is 2. The van der Waals surface area contributed by atoms with Gasteiger partial charge >= 0.3 is 0 Å². The van der Waals surface area contributed by atoms with Crippen LogP contribution < -0.4 is 4.57 Å². The summed E-state index contributed by atoms with van der Waals surface area (Å²) >= 11 is 0. The number of hydrogen-bond acceptors (Lipinski definition) is 2. The van der Waals surface area contributed by atoms with E-state index >= 15 is 0 Å². The minimum Gasteiger partial charge on any atom is -0.437 e. The predicted molar refractivity (Wildman–Crippen MR) is 92.3 cm³/mol. The number of pyridine rings is 2. The molecule has 0 spiro atoms. The lowest BCUT2D eigenvalue weighted by Crippen LogP contribution is -2.31. The van der Waals surface area contributed by atoms with Gasteiger partial charge in [0.25, 0.3) is 0 Å². The van der Waals surface area contributed by atoms with Gasteiger partial charge < -0.3 is 4.42 Å². The van der Waals surface area contributed by atoms with E-state index in [0.29, 0.717) is 27.6 Å². The van der Waals surface area contributed by atoms with E-state index in [1.54, 1.807) is 54.3 Å². The maximum atomic E-state index is 7.98. The van der Waals surface area contributed by atoms with Crippen LogP contribution in [0.4, 0.5) is 0 Å². The zero-order valence-electron chi connectivity index (χ0n) is 18.8. The normalized spacial score (nSPS) is 16.4. The average Bonchev–Trinajstić information content (AvgIpc) is 2.99. The van der Waals surface area contributed by atoms with E-state index in [4.69, 9.17) is 12.6 Å². The molecule has 114 valence electrons. The zero-order valence-corrected chi connectivity index (χ0v) is 12.8. The second-order valence-corrected chi connectivity index (χ2v) is 5.69. The quantitative estimate of drug-likeness (QED) is 0.488. The van der Waals surface area contributed by atoms with E-state index in [0.717, 1.165) is 11.3 Å². The molecule has 4 aromatic rings. The van der Waals surface area contributed by atoms with E-state index in [-0.39, 0.29) is 11.1 Å². The van der Waals surface area contributed by atoms with Crippen molar-refractivity contribution in [2.75, 3.05) is 0 Å². The molecule has 0 aliphatic rings. The monoisotopic (exact) mass is 309 g/mol. The molecule has 0 atom stereocenters. The molecule has 3 heteroatoms. The van der Waals surface area contributed by atoms with Crippen LogP contribution in [-0.4, -0.2) is 4.98 Å². The van der Waals surface area contributed by atoms with Gasteiger partial charge in [0.1, 0.15) is 7.05 Å². The molecule has 0 saturated carbocycles. The van der Waals surface area contributed by atoms with Crippen LogP contribution in [0.2, 0.25) is 0 Å². The van der Waals surface area contributed by atoms with Crippen molar-refractivity contribution in [1.29, 1.82) is 0 Å². The first-order chi connectivity index (χ1) is 13.5. The van der Waals surface area contributed by atoms with Gasteiger partial charge in [-0.3, -0.25) is 0 Å². The molecule has 3 heterocycles. The van der Waals surface area contributed by atoms with Crippen molar-refractivity contribution in [3.8, 4) is 11.3 Å². The predicted octanol–water partition coefficient (Wildman–Crippen LogP) is 4.40. The summed E-state index contributed by atoms with van der Waals surface area (Å²) in [6.07, 6.45) is 3.16. The Morgan fingerprint density at radius 3 is 2.87 bits per heavy atom. The molecule has 0 fully saturated rings. The summed E-state index contributed by atoms with van der Waals surface area (Å²) in [5.74, 6) is 0. The van der Waals surface area contributed by atoms with E-state index in [1.807, 2.05) is 6.92 Å². The number of furan rings is 1. The van der Waals surface area contributed by atoms with Crippen molar-refractivity contribution >= 4 is 22.1 Å². The molecule has 0 radical (unpaired) electrons. The Bertz CT molecular complexity index is 1250. The second kappa shape index (κ2) is 4.92. The smallest absolute Gasteiger partial charge is 0.227 e. The first-order valence-corrected chi connectivity index (χ1v) is 7.30. The highest BCUT2D eigenvalue weighted by molar-refractivity contribution is 6.10. The Morgan fingerprint density at radius 1 is 1.17 bits per heavy atom. The molecule has 4 rings (SSSR count). The maximum absolute atomic E-state index is 7.98. The van der Waals surface area contributed by atoms with Crippen LogP contribution in [0.3, 0.4) is 0 Å². The fourth-order valence-corrected chi connectivity index (χ4v) is 3.10. The summed E-state index contributed by atoms with van der Waals surface area (Å²) < 4.78 is 54.5. The average molecular weight is 309 g/mol. The Labute approximate surface area is 143 Å². The molecule has 0 unspecified atom stereocenters. The van der Waals surface area contributed by atoms with Crippen molar-refractivity contribution in [2.45, 2.75) is 20.6 Å². The summed E-state index contributed by atoms with van der Waals surface area (Å²) in [6.45, 7) is -2.71. The topological polar surface area (TPSA) is 29.9 Å². The molecule has 3 nitrogen and oxygen atoms in total. The largest absolute Gasteiger partial charge is 0.437 e. The molecule has 0 aliphatic carbocycles. The third-order valence-corrected chi connectivity index (χ3v) is 4.11. The summed E-state index contributed by atoms with van der Waals surface area (Å²) in [5, 5.41) is 1.14. The number of fused-ring (bicyclic) bond motifs is 3. The first kappa shape index (κ1) is 8.82. The van der Waals surface area contributed by atoms with Gasteiger partial charge in [0.2, 0.25) is 11.4 Å². The summed E-state index contributed by atoms with van der Waals surface area (Å²) in [4.78, 5) is 4.24. The van der Waals surface area contributed by atoms with Crippen LogP contribution in [0.25, 0.3) is 33.3 Å². The van der Waals surface area contributed by atoms with Gasteiger partial charge in [-0.1, -0.05) is 6.07 Å². The van der Waals surface area contributed by atoms with Crippen LogP contribution in [0.5, 0.6) is 0 Å². The Balaban J connectivity index is 2.11. The third-order valence-electron chi connectivity index (χ3n) is 4.11. The first-order valence-electron chi connectivity index (χ1n) is 10.3. The SMILES string of the molecule is [2H]C([2H])([2H])c1ccc(-c2c(C)cc(C([2H])([2H])[2H])c3c2oc2ncccc23)[n+](C)c1. The highest BCUT2D eigenvalue weighted by atomic mass is 16.3. The molecule has 0 saturated heterocycles. The van der Waals surface area contributed by atoms with Gasteiger partial charge in [-0.15, -0.1) is 0 Å². The van der Waals surface area contributed by atoms with Gasteiger partial charge in [-0.2, -0.15) is 0 Å². The Morgan fingerprint density at radius 2 is 2.09 bits per heavy atom. The van der Waals surface area contributed by atoms with Gasteiger partial charge in [-0.05, 0) is 50.0 Å². The Kier molecular flexibility index (Phi) is 1.89. The highest BCUT2D eigenvalue weighted by Crippen LogP contribution is 2.38. The van der Waals surface area contributed by atoms with Crippen molar-refractivity contribution in [1.82, 2.24) is 4.98 Å². The molecule has 0 amide bonds. The minimum absolute atomic E-state index is 0.210. The Hall–Kier alpha value is -2.68. The molecule has 1 aromatic carbocycles. The summed E-state index contributed by atoms with van der Waals surface area (Å²) in [6, 6.07) is 8.47. The van der Waals surface area contributed by atoms with Crippen LogP contribution in [0.15, 0.2) is 47.1 Å². The molecule has 0 bridgehead atoms. The minimum atomic E-state index is -2.32. The number of rotatable bonds is 1. The lowest BCUT2D eigenvalue weighted by Gasteiger charge is -2.08. The fraction of sp³-hybridized carbons (Fsp3) is 0.200. The van der Waals surface area contributed by atoms with Gasteiger partial charge in [0, 0.05) is 36.8 Å². The van der Waals surface area contributed by atoms with Gasteiger partial charge in [0.05, 0.1) is 5.56 Å². The molecular weight excluding hydrogens is 284 g/mol. The van der Waals surface area contributed by atoms with Crippen molar-refractivity contribution < 1.29 is 17.2 Å². The molecule has 3 aromatic heterocycles. The van der Waals surface area contributed by atoms with Gasteiger partial charge in [0.15, 0.2) is 11.8 Å². The number of hydrogen-bond donors (Lipinski definition) is 0. The number of benzene rings is 1. The van der Waals surface area contributed by atoms with Crippen LogP contribution >= 0.6 is 0 Å². The fourth-order valence-electron chi connectivity index (χ4n) is 3.10. The maximum Gasteiger partial charge on any atom is 0.227 e. The molecule has 0 aliphatic heterocycles. The molecular formula is C20H19N2O+. The number of nitrogens with zero attached hydrogens (tertiary/aromatic N) is 2. The summed E-state index contributed by atoms with van der Waals surface area (Å²) in [5.41, 5.74) is 3.39. The summed E-state index contributed by atoms with van der Waals surface area (Å²) in [7, 11) is 1.76. The third kappa shape index (κ3) is 2.04. The lowest BCUT2D eigenvalue weighted by molar-refractivity contribution is -0.660. The van der Waals surface area contributed by atoms with Crippen LogP contribution in [-0.2, 0) is 7.05 Å². The lowest BCUT2D eigenvalue weighted by atomic mass is 9.97. The van der Waals surface area contributed by atoms with Crippen molar-refractivity contribution in [2.24, 2.45) is 7.05 Å². The van der Waals surface area contributed by atoms with E-state index < -0.39 is 13.7 Å². The standard InChI is InChI=1S/C20H19N2O/c1-12-7-8-16(22(4)11-12)18-14(3)10-13(2)17-15-6-5-9-21-20(15)23-19(17)18/h5-11H,1-4H3/q+1/i1D3,2D3. The second-order valence-electron chi connectivity index (χ2n) is 5.69. The van der Waals surface area contributed by atoms with Crippen molar-refractivity contribution in [3.05, 3.63) is 59.4 Å². The van der Waals surface area contributed by atoms with Crippen LogP contribution in [0, 0.1) is 20.6 Å². The zero-order chi connectivity index (χ0) is 21.1. The van der Waals surface area contributed by atoms with E-state index in [9.17, 15) is 0 Å². The van der Waals surface area contributed by atoms with E-state index in [2.05, 4.69) is 4.98 Å². The highest BCUT2D eigenvalue weighted by Gasteiger charge is 2.22. The molecule has 23 heavy (non-hydrogen) atoms. The van der Waals surface area contributed by atoms with E-state index in [1.165, 1.54) is 0 Å². The number of aryl methyl sites for hydroxylation is 4. The van der Waals surface area contributed by atoms with Crippen LogP contribution in [0.1, 0.15) is 24.9 Å². The van der Waals surface area contributed by atoms with Crippen molar-refractivity contribution in [3.63, 3.8) is 0 Å².